The summed E-state index contributed by atoms with van der Waals surface area (Å²) < 4.78 is 26.5. The second-order valence-electron chi connectivity index (χ2n) is 9.13. The van der Waals surface area contributed by atoms with Crippen molar-refractivity contribution in [2.24, 2.45) is 0 Å². The Morgan fingerprint density at radius 1 is 1.26 bits per heavy atom. The van der Waals surface area contributed by atoms with Gasteiger partial charge in [-0.2, -0.15) is 9.97 Å². The van der Waals surface area contributed by atoms with E-state index >= 15 is 0 Å². The number of fused-ring (bicyclic) bond motifs is 2. The Morgan fingerprint density at radius 3 is 2.81 bits per heavy atom. The second kappa shape index (κ2) is 7.95. The smallest absolute Gasteiger partial charge is 0.319 e. The van der Waals surface area contributed by atoms with Crippen LogP contribution in [0.1, 0.15) is 32.6 Å². The third-order valence-corrected chi connectivity index (χ3v) is 6.90. The molecule has 3 aliphatic rings. The molecule has 0 amide bonds. The van der Waals surface area contributed by atoms with E-state index in [0.29, 0.717) is 31.0 Å². The molecule has 168 valence electrons. The Labute approximate surface area is 185 Å². The molecule has 0 radical (unpaired) electrons. The minimum absolute atomic E-state index is 0.0209. The summed E-state index contributed by atoms with van der Waals surface area (Å²) in [6, 6.07) is 0.113. The van der Waals surface area contributed by atoms with E-state index in [9.17, 15) is 9.50 Å². The molecule has 0 saturated carbocycles. The van der Waals surface area contributed by atoms with Crippen molar-refractivity contribution in [3.05, 3.63) is 17.2 Å². The lowest BCUT2D eigenvalue weighted by atomic mass is 9.95. The zero-order chi connectivity index (χ0) is 21.6. The van der Waals surface area contributed by atoms with Gasteiger partial charge in [0, 0.05) is 12.7 Å². The number of hydrogen-bond donors (Lipinski definition) is 1. The maximum Gasteiger partial charge on any atom is 0.319 e. The molecule has 1 N–H and O–H groups in total. The summed E-state index contributed by atoms with van der Waals surface area (Å²) in [5, 5.41) is 10.8. The van der Waals surface area contributed by atoms with Gasteiger partial charge in [-0.05, 0) is 45.7 Å². The number of aliphatic hydroxyl groups is 1. The third-order valence-electron chi connectivity index (χ3n) is 6.63. The molecule has 2 aromatic rings. The first kappa shape index (κ1) is 21.1. The molecule has 8 nitrogen and oxygen atoms in total. The van der Waals surface area contributed by atoms with Crippen LogP contribution in [0.15, 0.2) is 6.20 Å². The first-order valence-electron chi connectivity index (χ1n) is 10.8. The van der Waals surface area contributed by atoms with Crippen molar-refractivity contribution in [3.63, 3.8) is 0 Å². The van der Waals surface area contributed by atoms with E-state index in [2.05, 4.69) is 19.9 Å². The Hall–Kier alpha value is -1.81. The van der Waals surface area contributed by atoms with Gasteiger partial charge in [-0.15, -0.1) is 0 Å². The van der Waals surface area contributed by atoms with Crippen LogP contribution in [-0.4, -0.2) is 82.1 Å². The number of ether oxygens (including phenoxy) is 2. The molecule has 31 heavy (non-hydrogen) atoms. The van der Waals surface area contributed by atoms with Gasteiger partial charge in [0.1, 0.15) is 23.5 Å². The fourth-order valence-corrected chi connectivity index (χ4v) is 5.29. The number of β-amino-alcohol motifs (C(OH)–C–C–N with tert-alkyl or cyclic N) is 1. The van der Waals surface area contributed by atoms with Crippen LogP contribution in [-0.2, 0) is 4.74 Å². The predicted octanol–water partition coefficient (Wildman–Crippen LogP) is 2.41. The van der Waals surface area contributed by atoms with E-state index in [-0.39, 0.29) is 35.4 Å². The van der Waals surface area contributed by atoms with Gasteiger partial charge in [-0.3, -0.25) is 4.90 Å². The van der Waals surface area contributed by atoms with Crippen molar-refractivity contribution in [3.8, 4) is 6.01 Å². The summed E-state index contributed by atoms with van der Waals surface area (Å²) in [7, 11) is 0. The van der Waals surface area contributed by atoms with Crippen LogP contribution in [0.3, 0.4) is 0 Å². The van der Waals surface area contributed by atoms with E-state index in [1.54, 1.807) is 6.92 Å². The highest BCUT2D eigenvalue weighted by molar-refractivity contribution is 6.30. The van der Waals surface area contributed by atoms with E-state index in [1.807, 2.05) is 4.90 Å². The molecule has 3 fully saturated rings. The van der Waals surface area contributed by atoms with Gasteiger partial charge in [0.15, 0.2) is 11.0 Å². The fourth-order valence-electron chi connectivity index (χ4n) is 5.15. The monoisotopic (exact) mass is 451 g/mol. The quantitative estimate of drug-likeness (QED) is 0.709. The number of pyridine rings is 1. The van der Waals surface area contributed by atoms with Crippen LogP contribution in [0.25, 0.3) is 10.9 Å². The first-order valence-corrected chi connectivity index (χ1v) is 11.2. The van der Waals surface area contributed by atoms with Crippen molar-refractivity contribution in [1.82, 2.24) is 19.9 Å². The molecule has 3 saturated heterocycles. The van der Waals surface area contributed by atoms with Crippen molar-refractivity contribution >= 4 is 28.3 Å². The van der Waals surface area contributed by atoms with Gasteiger partial charge in [0.05, 0.1) is 30.7 Å². The fraction of sp³-hybridized carbons (Fsp3) is 0.667. The lowest BCUT2D eigenvalue weighted by Crippen LogP contribution is -2.44. The summed E-state index contributed by atoms with van der Waals surface area (Å²) in [5.41, 5.74) is -0.982. The number of nitrogens with zero attached hydrogens (tertiary/aromatic N) is 5. The molecule has 0 spiro atoms. The SMILES string of the molecule is C[C@@]1(O)COCCN(c2nc(OCC34CCCN3CCC4)nc3c(F)c(Cl)ncc23)C1. The maximum absolute atomic E-state index is 14.9. The number of rotatable bonds is 4. The topological polar surface area (TPSA) is 83.8 Å². The molecule has 0 bridgehead atoms. The molecule has 0 aromatic carbocycles. The van der Waals surface area contributed by atoms with Crippen LogP contribution in [0.4, 0.5) is 10.2 Å². The second-order valence-corrected chi connectivity index (χ2v) is 9.49. The summed E-state index contributed by atoms with van der Waals surface area (Å²) in [5.74, 6) is -0.243. The maximum atomic E-state index is 14.9. The predicted molar refractivity (Wildman–Crippen MR) is 114 cm³/mol. The van der Waals surface area contributed by atoms with Crippen molar-refractivity contribution in [1.29, 1.82) is 0 Å². The molecule has 0 unspecified atom stereocenters. The van der Waals surface area contributed by atoms with Gasteiger partial charge in [-0.1, -0.05) is 11.6 Å². The Balaban J connectivity index is 1.52. The number of hydrogen-bond acceptors (Lipinski definition) is 8. The lowest BCUT2D eigenvalue weighted by Gasteiger charge is -2.32. The largest absolute Gasteiger partial charge is 0.461 e. The summed E-state index contributed by atoms with van der Waals surface area (Å²) in [6.45, 7) is 5.75. The molecule has 5 rings (SSSR count). The molecular formula is C21H27ClFN5O3. The van der Waals surface area contributed by atoms with Gasteiger partial charge >= 0.3 is 6.01 Å². The van der Waals surface area contributed by atoms with Crippen LogP contribution in [0.2, 0.25) is 5.15 Å². The number of anilines is 1. The van der Waals surface area contributed by atoms with E-state index in [1.165, 1.54) is 6.20 Å². The minimum Gasteiger partial charge on any atom is -0.461 e. The molecular weight excluding hydrogens is 425 g/mol. The number of aromatic nitrogens is 3. The van der Waals surface area contributed by atoms with Crippen LogP contribution >= 0.6 is 11.6 Å². The van der Waals surface area contributed by atoms with Gasteiger partial charge in [-0.25, -0.2) is 9.37 Å². The number of halogens is 2. The van der Waals surface area contributed by atoms with Crippen molar-refractivity contribution in [2.75, 3.05) is 50.9 Å². The van der Waals surface area contributed by atoms with E-state index < -0.39 is 11.4 Å². The normalized spacial score (nSPS) is 26.3. The Kier molecular flexibility index (Phi) is 5.40. The molecule has 5 heterocycles. The van der Waals surface area contributed by atoms with Gasteiger partial charge in [0.2, 0.25) is 0 Å². The molecule has 0 aliphatic carbocycles. The minimum atomic E-state index is -1.07. The van der Waals surface area contributed by atoms with Crippen molar-refractivity contribution in [2.45, 2.75) is 43.7 Å². The molecule has 2 aromatic heterocycles. The first-order chi connectivity index (χ1) is 14.9. The summed E-state index contributed by atoms with van der Waals surface area (Å²) in [4.78, 5) is 17.3. The summed E-state index contributed by atoms with van der Waals surface area (Å²) >= 11 is 5.93. The highest BCUT2D eigenvalue weighted by atomic mass is 35.5. The Morgan fingerprint density at radius 2 is 2.03 bits per heavy atom. The van der Waals surface area contributed by atoms with Crippen LogP contribution in [0, 0.1) is 5.82 Å². The zero-order valence-corrected chi connectivity index (χ0v) is 18.4. The molecule has 3 aliphatic heterocycles. The lowest BCUT2D eigenvalue weighted by molar-refractivity contribution is -0.0123. The highest BCUT2D eigenvalue weighted by Gasteiger charge is 2.45. The van der Waals surface area contributed by atoms with Crippen molar-refractivity contribution < 1.29 is 19.0 Å². The van der Waals surface area contributed by atoms with E-state index in [4.69, 9.17) is 21.1 Å². The summed E-state index contributed by atoms with van der Waals surface area (Å²) in [6.07, 6.45) is 5.96. The van der Waals surface area contributed by atoms with Crippen LogP contribution < -0.4 is 9.64 Å². The molecule has 1 atom stereocenters. The zero-order valence-electron chi connectivity index (χ0n) is 17.6. The average Bonchev–Trinajstić information content (AvgIpc) is 3.26. The highest BCUT2D eigenvalue weighted by Crippen LogP contribution is 2.39. The third kappa shape index (κ3) is 3.92. The average molecular weight is 452 g/mol. The van der Waals surface area contributed by atoms with E-state index in [0.717, 1.165) is 38.8 Å². The van der Waals surface area contributed by atoms with Crippen LogP contribution in [0.5, 0.6) is 6.01 Å². The van der Waals surface area contributed by atoms with Gasteiger partial charge in [0.25, 0.3) is 0 Å². The molecule has 10 heteroatoms. The standard InChI is InChI=1S/C21H27ClFN5O3/c1-20(29)11-27(8-9-30-12-20)18-14-10-24-17(22)15(23)16(14)25-19(26-18)31-13-21-4-2-6-28(21)7-3-5-21/h10,29H,2-9,11-13H2,1H3/t20-/m0/s1. The van der Waals surface area contributed by atoms with Gasteiger partial charge < -0.3 is 19.5 Å². The Bertz CT molecular complexity index is 981.